The average Bonchev–Trinajstić information content (AvgIpc) is 3.13. The maximum absolute atomic E-state index is 12.9. The molecule has 0 unspecified atom stereocenters. The molecular formula is C22H23FN2O5. The Balaban J connectivity index is 1.51. The number of esters is 1. The van der Waals surface area contributed by atoms with Gasteiger partial charge in [-0.15, -0.1) is 0 Å². The molecule has 1 N–H and O–H groups in total. The molecule has 0 radical (unpaired) electrons. The number of aryl methyl sites for hydroxylation is 1. The molecule has 1 heterocycles. The lowest BCUT2D eigenvalue weighted by Crippen LogP contribution is -2.31. The number of carbonyl (C=O) groups is 3. The molecular weight excluding hydrogens is 391 g/mol. The predicted molar refractivity (Wildman–Crippen MR) is 107 cm³/mol. The van der Waals surface area contributed by atoms with E-state index in [2.05, 4.69) is 5.32 Å². The van der Waals surface area contributed by atoms with Crippen LogP contribution in [0, 0.1) is 18.7 Å². The molecule has 158 valence electrons. The number of anilines is 1. The predicted octanol–water partition coefficient (Wildman–Crippen LogP) is 2.36. The van der Waals surface area contributed by atoms with Gasteiger partial charge in [-0.1, -0.05) is 18.2 Å². The number of benzene rings is 2. The summed E-state index contributed by atoms with van der Waals surface area (Å²) in [6.45, 7) is 1.81. The van der Waals surface area contributed by atoms with Crippen LogP contribution in [0.5, 0.6) is 5.75 Å². The fraction of sp³-hybridized carbons (Fsp3) is 0.318. The minimum Gasteiger partial charge on any atom is -0.495 e. The van der Waals surface area contributed by atoms with Crippen LogP contribution >= 0.6 is 0 Å². The largest absolute Gasteiger partial charge is 0.495 e. The van der Waals surface area contributed by atoms with Crippen LogP contribution in [-0.4, -0.2) is 38.0 Å². The number of nitrogens with zero attached hydrogens (tertiary/aromatic N) is 1. The molecule has 0 aromatic heterocycles. The van der Waals surface area contributed by atoms with Gasteiger partial charge in [0.2, 0.25) is 5.91 Å². The molecule has 30 heavy (non-hydrogen) atoms. The first kappa shape index (κ1) is 21.3. The van der Waals surface area contributed by atoms with E-state index in [0.29, 0.717) is 11.4 Å². The van der Waals surface area contributed by atoms with E-state index in [1.807, 2.05) is 19.1 Å². The highest BCUT2D eigenvalue weighted by atomic mass is 19.1. The van der Waals surface area contributed by atoms with Gasteiger partial charge in [-0.2, -0.15) is 0 Å². The highest BCUT2D eigenvalue weighted by Gasteiger charge is 2.37. The van der Waals surface area contributed by atoms with Crippen LogP contribution in [-0.2, 0) is 25.7 Å². The van der Waals surface area contributed by atoms with Crippen molar-refractivity contribution < 1.29 is 28.2 Å². The summed E-state index contributed by atoms with van der Waals surface area (Å²) >= 11 is 0. The first-order chi connectivity index (χ1) is 14.4. The van der Waals surface area contributed by atoms with Crippen LogP contribution in [0.3, 0.4) is 0 Å². The molecule has 8 heteroatoms. The third-order valence-corrected chi connectivity index (χ3v) is 4.83. The van der Waals surface area contributed by atoms with Gasteiger partial charge in [-0.05, 0) is 42.3 Å². The summed E-state index contributed by atoms with van der Waals surface area (Å²) in [4.78, 5) is 38.2. The Morgan fingerprint density at radius 2 is 1.93 bits per heavy atom. The number of hydrogen-bond donors (Lipinski definition) is 1. The zero-order chi connectivity index (χ0) is 21.7. The number of methoxy groups -OCH3 is 1. The Bertz CT molecular complexity index is 945. The molecule has 2 aromatic carbocycles. The van der Waals surface area contributed by atoms with Crippen molar-refractivity contribution in [2.24, 2.45) is 5.92 Å². The molecule has 1 fully saturated rings. The van der Waals surface area contributed by atoms with E-state index in [9.17, 15) is 18.8 Å². The summed E-state index contributed by atoms with van der Waals surface area (Å²) in [6, 6.07) is 11.2. The zero-order valence-electron chi connectivity index (χ0n) is 16.8. The number of hydrogen-bond acceptors (Lipinski definition) is 5. The van der Waals surface area contributed by atoms with Gasteiger partial charge in [0.1, 0.15) is 11.6 Å². The lowest BCUT2D eigenvalue weighted by atomic mass is 10.1. The zero-order valence-corrected chi connectivity index (χ0v) is 16.8. The normalized spacial score (nSPS) is 15.8. The van der Waals surface area contributed by atoms with Crippen LogP contribution in [0.2, 0.25) is 0 Å². The van der Waals surface area contributed by atoms with Gasteiger partial charge in [-0.3, -0.25) is 14.4 Å². The maximum atomic E-state index is 12.9. The third kappa shape index (κ3) is 5.14. The highest BCUT2D eigenvalue weighted by molar-refractivity contribution is 6.00. The van der Waals surface area contributed by atoms with Crippen molar-refractivity contribution in [2.45, 2.75) is 19.9 Å². The summed E-state index contributed by atoms with van der Waals surface area (Å²) in [5.74, 6) is -1.76. The highest BCUT2D eigenvalue weighted by Crippen LogP contribution is 2.34. The van der Waals surface area contributed by atoms with E-state index < -0.39 is 24.4 Å². The third-order valence-electron chi connectivity index (χ3n) is 4.83. The summed E-state index contributed by atoms with van der Waals surface area (Å²) in [5, 5.41) is 2.60. The number of nitrogens with one attached hydrogen (secondary N) is 1. The van der Waals surface area contributed by atoms with Gasteiger partial charge in [0, 0.05) is 19.5 Å². The molecule has 1 atom stereocenters. The van der Waals surface area contributed by atoms with Crippen molar-refractivity contribution in [3.05, 3.63) is 59.4 Å². The maximum Gasteiger partial charge on any atom is 0.311 e. The fourth-order valence-electron chi connectivity index (χ4n) is 3.22. The standard InChI is InChI=1S/C22H23FN2O5/c1-14-3-8-19(29-2)18(9-14)25-12-16(10-21(25)27)22(28)30-13-20(26)24-11-15-4-6-17(23)7-5-15/h3-9,16H,10-13H2,1-2H3,(H,24,26)/t16-/m1/s1. The number of rotatable bonds is 7. The number of amides is 2. The smallest absolute Gasteiger partial charge is 0.311 e. The van der Waals surface area contributed by atoms with Crippen molar-refractivity contribution >= 4 is 23.5 Å². The van der Waals surface area contributed by atoms with Crippen molar-refractivity contribution in [1.29, 1.82) is 0 Å². The molecule has 3 rings (SSSR count). The van der Waals surface area contributed by atoms with Crippen molar-refractivity contribution in [3.8, 4) is 5.75 Å². The second-order valence-corrected chi connectivity index (χ2v) is 7.09. The van der Waals surface area contributed by atoms with Crippen molar-refractivity contribution in [3.63, 3.8) is 0 Å². The molecule has 2 amide bonds. The second kappa shape index (κ2) is 9.39. The van der Waals surface area contributed by atoms with E-state index >= 15 is 0 Å². The monoisotopic (exact) mass is 414 g/mol. The summed E-state index contributed by atoms with van der Waals surface area (Å²) in [6.07, 6.45) is 0.00707. The van der Waals surface area contributed by atoms with Crippen molar-refractivity contribution in [1.82, 2.24) is 5.32 Å². The van der Waals surface area contributed by atoms with Crippen LogP contribution < -0.4 is 15.0 Å². The lowest BCUT2D eigenvalue weighted by Gasteiger charge is -2.20. The van der Waals surface area contributed by atoms with Gasteiger partial charge in [0.05, 0.1) is 18.7 Å². The Hall–Kier alpha value is -3.42. The minimum atomic E-state index is -0.660. The fourth-order valence-corrected chi connectivity index (χ4v) is 3.22. The van der Waals surface area contributed by atoms with E-state index in [-0.39, 0.29) is 31.2 Å². The Morgan fingerprint density at radius 1 is 1.20 bits per heavy atom. The molecule has 0 aliphatic carbocycles. The first-order valence-electron chi connectivity index (χ1n) is 9.50. The second-order valence-electron chi connectivity index (χ2n) is 7.09. The molecule has 7 nitrogen and oxygen atoms in total. The SMILES string of the molecule is COc1ccc(C)cc1N1C[C@H](C(=O)OCC(=O)NCc2ccc(F)cc2)CC1=O. The molecule has 1 aliphatic heterocycles. The molecule has 1 saturated heterocycles. The summed E-state index contributed by atoms with van der Waals surface area (Å²) in [7, 11) is 1.52. The summed E-state index contributed by atoms with van der Waals surface area (Å²) < 4.78 is 23.3. The molecule has 2 aromatic rings. The number of halogens is 1. The first-order valence-corrected chi connectivity index (χ1v) is 9.50. The van der Waals surface area contributed by atoms with Crippen LogP contribution in [0.15, 0.2) is 42.5 Å². The quantitative estimate of drug-likeness (QED) is 0.703. The van der Waals surface area contributed by atoms with E-state index in [1.165, 1.54) is 24.1 Å². The van der Waals surface area contributed by atoms with Gasteiger partial charge in [-0.25, -0.2) is 4.39 Å². The number of ether oxygens (including phenoxy) is 2. The topological polar surface area (TPSA) is 84.9 Å². The summed E-state index contributed by atoms with van der Waals surface area (Å²) in [5.41, 5.74) is 2.29. The van der Waals surface area contributed by atoms with Gasteiger partial charge in [0.15, 0.2) is 6.61 Å². The molecule has 0 saturated carbocycles. The molecule has 0 spiro atoms. The Labute approximate surface area is 173 Å². The number of carbonyl (C=O) groups excluding carboxylic acids is 3. The molecule has 1 aliphatic rings. The molecule has 0 bridgehead atoms. The van der Waals surface area contributed by atoms with Crippen LogP contribution in [0.25, 0.3) is 0 Å². The van der Waals surface area contributed by atoms with E-state index in [4.69, 9.17) is 9.47 Å². The Kier molecular flexibility index (Phi) is 6.66. The van der Waals surface area contributed by atoms with Gasteiger partial charge >= 0.3 is 5.97 Å². The minimum absolute atomic E-state index is 0.00707. The van der Waals surface area contributed by atoms with E-state index in [1.54, 1.807) is 18.2 Å². The van der Waals surface area contributed by atoms with Crippen molar-refractivity contribution in [2.75, 3.05) is 25.2 Å². The van der Waals surface area contributed by atoms with Crippen LogP contribution in [0.1, 0.15) is 17.5 Å². The Morgan fingerprint density at radius 3 is 2.63 bits per heavy atom. The van der Waals surface area contributed by atoms with Gasteiger partial charge < -0.3 is 19.7 Å². The van der Waals surface area contributed by atoms with Gasteiger partial charge in [0.25, 0.3) is 5.91 Å². The average molecular weight is 414 g/mol. The van der Waals surface area contributed by atoms with Crippen LogP contribution in [0.4, 0.5) is 10.1 Å². The van der Waals surface area contributed by atoms with E-state index in [0.717, 1.165) is 11.1 Å². The lowest BCUT2D eigenvalue weighted by molar-refractivity contribution is -0.152.